The van der Waals surface area contributed by atoms with Gasteiger partial charge in [0, 0.05) is 6.04 Å². The van der Waals surface area contributed by atoms with Crippen LogP contribution in [0, 0.1) is 0 Å². The van der Waals surface area contributed by atoms with Crippen molar-refractivity contribution in [1.29, 1.82) is 0 Å². The van der Waals surface area contributed by atoms with Gasteiger partial charge in [-0.3, -0.25) is 4.79 Å². The number of hydrogen-bond acceptors (Lipinski definition) is 3. The summed E-state index contributed by atoms with van der Waals surface area (Å²) in [7, 11) is 0. The zero-order valence-electron chi connectivity index (χ0n) is 11.4. The lowest BCUT2D eigenvalue weighted by molar-refractivity contribution is -0.120. The molecular weight excluding hydrogens is 240 g/mol. The molecule has 19 heavy (non-hydrogen) atoms. The van der Waals surface area contributed by atoms with Gasteiger partial charge in [0.25, 0.3) is 0 Å². The van der Waals surface area contributed by atoms with E-state index in [2.05, 4.69) is 10.6 Å². The summed E-state index contributed by atoms with van der Waals surface area (Å²) in [5.41, 5.74) is 0.867. The van der Waals surface area contributed by atoms with Crippen molar-refractivity contribution in [2.24, 2.45) is 0 Å². The molecule has 0 aromatic heterocycles. The van der Waals surface area contributed by atoms with Gasteiger partial charge in [-0.1, -0.05) is 25.0 Å². The Labute approximate surface area is 114 Å². The van der Waals surface area contributed by atoms with Crippen LogP contribution in [0.5, 0.6) is 5.75 Å². The van der Waals surface area contributed by atoms with Crippen LogP contribution in [0.1, 0.15) is 32.6 Å². The van der Waals surface area contributed by atoms with Crippen LogP contribution in [-0.4, -0.2) is 25.1 Å². The average molecular weight is 262 g/mol. The fraction of sp³-hybridized carbons (Fsp3) is 0.533. The number of para-hydroxylation sites is 2. The number of carbonyl (C=O) groups excluding carboxylic acids is 1. The first-order valence-electron chi connectivity index (χ1n) is 7.04. The molecule has 2 N–H and O–H groups in total. The zero-order valence-corrected chi connectivity index (χ0v) is 11.4. The van der Waals surface area contributed by atoms with E-state index in [1.807, 2.05) is 31.2 Å². The van der Waals surface area contributed by atoms with E-state index in [-0.39, 0.29) is 5.91 Å². The molecule has 1 aromatic carbocycles. The number of benzene rings is 1. The second-order valence-electron chi connectivity index (χ2n) is 4.83. The monoisotopic (exact) mass is 262 g/mol. The maximum absolute atomic E-state index is 11.8. The molecular formula is C15H22N2O2. The molecule has 0 unspecified atom stereocenters. The number of rotatable bonds is 6. The van der Waals surface area contributed by atoms with Crippen LogP contribution in [0.15, 0.2) is 24.3 Å². The van der Waals surface area contributed by atoms with Crippen molar-refractivity contribution < 1.29 is 9.53 Å². The van der Waals surface area contributed by atoms with E-state index in [0.29, 0.717) is 19.2 Å². The maximum Gasteiger partial charge on any atom is 0.239 e. The molecule has 0 saturated heterocycles. The number of hydrogen-bond donors (Lipinski definition) is 2. The van der Waals surface area contributed by atoms with Gasteiger partial charge < -0.3 is 15.4 Å². The Balaban J connectivity index is 1.82. The second-order valence-corrected chi connectivity index (χ2v) is 4.83. The van der Waals surface area contributed by atoms with Gasteiger partial charge in [0.2, 0.25) is 5.91 Å². The average Bonchev–Trinajstić information content (AvgIpc) is 2.91. The third-order valence-corrected chi connectivity index (χ3v) is 3.35. The molecule has 0 aliphatic heterocycles. The van der Waals surface area contributed by atoms with E-state index in [4.69, 9.17) is 4.74 Å². The second kappa shape index (κ2) is 7.02. The summed E-state index contributed by atoms with van der Waals surface area (Å²) in [6.45, 7) is 2.86. The number of nitrogens with one attached hydrogen (secondary N) is 2. The van der Waals surface area contributed by atoms with Crippen molar-refractivity contribution in [1.82, 2.24) is 5.32 Å². The quantitative estimate of drug-likeness (QED) is 0.828. The molecule has 0 radical (unpaired) electrons. The summed E-state index contributed by atoms with van der Waals surface area (Å²) in [6.07, 6.45) is 4.68. The van der Waals surface area contributed by atoms with E-state index in [1.165, 1.54) is 12.8 Å². The molecule has 0 atom stereocenters. The van der Waals surface area contributed by atoms with Gasteiger partial charge in [-0.15, -0.1) is 0 Å². The van der Waals surface area contributed by atoms with Gasteiger partial charge in [0.15, 0.2) is 0 Å². The van der Waals surface area contributed by atoms with Gasteiger partial charge in [0.05, 0.1) is 18.8 Å². The van der Waals surface area contributed by atoms with E-state index in [9.17, 15) is 4.79 Å². The van der Waals surface area contributed by atoms with Gasteiger partial charge in [-0.25, -0.2) is 0 Å². The number of anilines is 1. The Morgan fingerprint density at radius 1 is 1.32 bits per heavy atom. The molecule has 1 aromatic rings. The molecule has 104 valence electrons. The van der Waals surface area contributed by atoms with Crippen molar-refractivity contribution >= 4 is 11.6 Å². The molecule has 0 spiro atoms. The van der Waals surface area contributed by atoms with Gasteiger partial charge in [0.1, 0.15) is 5.75 Å². The normalized spacial score (nSPS) is 15.2. The van der Waals surface area contributed by atoms with E-state index < -0.39 is 0 Å². The standard InChI is InChI=1S/C15H22N2O2/c1-2-19-14-10-6-5-9-13(14)16-11-15(18)17-12-7-3-4-8-12/h5-6,9-10,12,16H,2-4,7-8,11H2,1H3,(H,17,18). The molecule has 4 nitrogen and oxygen atoms in total. The van der Waals surface area contributed by atoms with E-state index >= 15 is 0 Å². The minimum atomic E-state index is 0.0539. The highest BCUT2D eigenvalue weighted by atomic mass is 16.5. The molecule has 1 fully saturated rings. The van der Waals surface area contributed by atoms with Crippen LogP contribution < -0.4 is 15.4 Å². The van der Waals surface area contributed by atoms with Crippen LogP contribution in [0.3, 0.4) is 0 Å². The van der Waals surface area contributed by atoms with Crippen LogP contribution in [0.25, 0.3) is 0 Å². The summed E-state index contributed by atoms with van der Waals surface area (Å²) in [4.78, 5) is 11.8. The molecule has 0 bridgehead atoms. The molecule has 1 aliphatic carbocycles. The highest BCUT2D eigenvalue weighted by molar-refractivity contribution is 5.81. The summed E-state index contributed by atoms with van der Waals surface area (Å²) < 4.78 is 5.51. The van der Waals surface area contributed by atoms with Crippen LogP contribution in [-0.2, 0) is 4.79 Å². The molecule has 2 rings (SSSR count). The summed E-state index contributed by atoms with van der Waals surface area (Å²) in [5.74, 6) is 0.844. The highest BCUT2D eigenvalue weighted by Gasteiger charge is 2.16. The number of carbonyl (C=O) groups is 1. The Kier molecular flexibility index (Phi) is 5.07. The maximum atomic E-state index is 11.8. The molecule has 1 aliphatic rings. The fourth-order valence-electron chi connectivity index (χ4n) is 2.42. The lowest BCUT2D eigenvalue weighted by atomic mass is 10.2. The number of ether oxygens (including phenoxy) is 1. The predicted molar refractivity (Wildman–Crippen MR) is 76.5 cm³/mol. The molecule has 4 heteroatoms. The summed E-state index contributed by atoms with van der Waals surface area (Å²) >= 11 is 0. The van der Waals surface area contributed by atoms with Crippen molar-refractivity contribution in [3.63, 3.8) is 0 Å². The highest BCUT2D eigenvalue weighted by Crippen LogP contribution is 2.23. The van der Waals surface area contributed by atoms with E-state index in [1.54, 1.807) is 0 Å². The fourth-order valence-corrected chi connectivity index (χ4v) is 2.42. The smallest absolute Gasteiger partial charge is 0.239 e. The zero-order chi connectivity index (χ0) is 13.5. The predicted octanol–water partition coefficient (Wildman–Crippen LogP) is 2.56. The molecule has 1 amide bonds. The first-order valence-corrected chi connectivity index (χ1v) is 7.04. The Morgan fingerprint density at radius 2 is 2.05 bits per heavy atom. The molecule has 0 heterocycles. The summed E-state index contributed by atoms with van der Waals surface area (Å²) in [6, 6.07) is 8.06. The van der Waals surface area contributed by atoms with Crippen LogP contribution in [0.4, 0.5) is 5.69 Å². The SMILES string of the molecule is CCOc1ccccc1NCC(=O)NC1CCCC1. The van der Waals surface area contributed by atoms with Gasteiger partial charge in [-0.05, 0) is 31.9 Å². The Hall–Kier alpha value is -1.71. The van der Waals surface area contributed by atoms with Crippen LogP contribution in [0.2, 0.25) is 0 Å². The number of amides is 1. The van der Waals surface area contributed by atoms with Crippen molar-refractivity contribution in [3.05, 3.63) is 24.3 Å². The Bertz CT molecular complexity index is 414. The first-order chi connectivity index (χ1) is 9.29. The lowest BCUT2D eigenvalue weighted by Crippen LogP contribution is -2.36. The van der Waals surface area contributed by atoms with Gasteiger partial charge in [-0.2, -0.15) is 0 Å². The molecule has 1 saturated carbocycles. The van der Waals surface area contributed by atoms with Crippen molar-refractivity contribution in [2.75, 3.05) is 18.5 Å². The third kappa shape index (κ3) is 4.16. The third-order valence-electron chi connectivity index (χ3n) is 3.35. The van der Waals surface area contributed by atoms with Crippen LogP contribution >= 0.6 is 0 Å². The van der Waals surface area contributed by atoms with Crippen molar-refractivity contribution in [2.45, 2.75) is 38.6 Å². The first kappa shape index (κ1) is 13.7. The summed E-state index contributed by atoms with van der Waals surface area (Å²) in [5, 5.41) is 6.19. The van der Waals surface area contributed by atoms with E-state index in [0.717, 1.165) is 24.3 Å². The minimum Gasteiger partial charge on any atom is -0.492 e. The lowest BCUT2D eigenvalue weighted by Gasteiger charge is -2.14. The topological polar surface area (TPSA) is 50.4 Å². The van der Waals surface area contributed by atoms with Gasteiger partial charge >= 0.3 is 0 Å². The minimum absolute atomic E-state index is 0.0539. The van der Waals surface area contributed by atoms with Crippen molar-refractivity contribution in [3.8, 4) is 5.75 Å². The Morgan fingerprint density at radius 3 is 2.79 bits per heavy atom. The largest absolute Gasteiger partial charge is 0.492 e.